The highest BCUT2D eigenvalue weighted by molar-refractivity contribution is 6.77. The maximum Gasteiger partial charge on any atom is 0.341 e. The molecule has 0 aliphatic rings. The van der Waals surface area contributed by atoms with Gasteiger partial charge in [0.25, 0.3) is 0 Å². The summed E-state index contributed by atoms with van der Waals surface area (Å²) in [5, 5.41) is 6.26. The van der Waals surface area contributed by atoms with Gasteiger partial charge in [0.1, 0.15) is 0 Å². The summed E-state index contributed by atoms with van der Waals surface area (Å²) in [6, 6.07) is 0. The van der Waals surface area contributed by atoms with Gasteiger partial charge >= 0.3 is 5.97 Å². The molecule has 1 aromatic heterocycles. The Kier molecular flexibility index (Phi) is 5.55. The van der Waals surface area contributed by atoms with Crippen LogP contribution in [-0.4, -0.2) is 43.2 Å². The molecule has 0 radical (unpaired) electrons. The van der Waals surface area contributed by atoms with Crippen LogP contribution >= 0.6 is 0 Å². The summed E-state index contributed by atoms with van der Waals surface area (Å²) < 4.78 is 10.8. The Hall–Kier alpha value is -1.14. The molecule has 1 atom stereocenters. The lowest BCUT2D eigenvalue weighted by Gasteiger charge is -2.25. The first kappa shape index (κ1) is 14.9. The molecule has 0 aliphatic heterocycles. The third-order valence-corrected chi connectivity index (χ3v) is 5.45. The Morgan fingerprint density at radius 3 is 2.72 bits per heavy atom. The van der Waals surface area contributed by atoms with Crippen molar-refractivity contribution in [1.29, 1.82) is 0 Å². The lowest BCUT2D eigenvalue weighted by atomic mass is 10.4. The minimum absolute atomic E-state index is 0.321. The fraction of sp³-hybridized carbons (Fsp3) is 0.667. The summed E-state index contributed by atoms with van der Waals surface area (Å²) in [5.41, 5.74) is 0.772. The maximum atomic E-state index is 11.4. The van der Waals surface area contributed by atoms with Crippen molar-refractivity contribution in [2.75, 3.05) is 13.2 Å². The summed E-state index contributed by atoms with van der Waals surface area (Å²) in [4.78, 5) is 11.4. The monoisotopic (exact) mass is 270 g/mol. The van der Waals surface area contributed by atoms with Gasteiger partial charge < -0.3 is 9.47 Å². The molecule has 0 spiro atoms. The smallest absolute Gasteiger partial charge is 0.341 e. The van der Waals surface area contributed by atoms with Gasteiger partial charge in [-0.05, 0) is 6.92 Å². The van der Waals surface area contributed by atoms with E-state index in [-0.39, 0.29) is 5.97 Å². The largest absolute Gasteiger partial charge is 0.462 e. The van der Waals surface area contributed by atoms with Crippen LogP contribution in [0.25, 0.3) is 0 Å². The Morgan fingerprint density at radius 1 is 1.44 bits per heavy atom. The van der Waals surface area contributed by atoms with E-state index < -0.39 is 8.07 Å². The van der Waals surface area contributed by atoms with Gasteiger partial charge in [-0.1, -0.05) is 19.6 Å². The van der Waals surface area contributed by atoms with Crippen LogP contribution < -0.4 is 0 Å². The van der Waals surface area contributed by atoms with Crippen molar-refractivity contribution in [3.63, 3.8) is 0 Å². The van der Waals surface area contributed by atoms with Crippen molar-refractivity contribution >= 4 is 14.0 Å². The maximum absolute atomic E-state index is 11.4. The van der Waals surface area contributed by atoms with E-state index in [1.165, 1.54) is 12.4 Å². The van der Waals surface area contributed by atoms with Crippen LogP contribution in [0.2, 0.25) is 19.6 Å². The molecule has 0 aliphatic carbocycles. The first-order chi connectivity index (χ1) is 8.41. The van der Waals surface area contributed by atoms with Crippen molar-refractivity contribution in [2.45, 2.75) is 38.7 Å². The predicted molar refractivity (Wildman–Crippen MR) is 72.2 cm³/mol. The fourth-order valence-corrected chi connectivity index (χ4v) is 1.80. The molecule has 6 heteroatoms. The number of rotatable bonds is 7. The van der Waals surface area contributed by atoms with Crippen LogP contribution in [0.5, 0.6) is 0 Å². The van der Waals surface area contributed by atoms with E-state index in [9.17, 15) is 4.79 Å². The second-order valence-corrected chi connectivity index (χ2v) is 10.9. The zero-order chi connectivity index (χ0) is 13.6. The SMILES string of the molecule is CC(OCCCOC(=O)c1cn[nH]c1)[Si](C)(C)C. The number of H-pyrrole nitrogens is 1. The van der Waals surface area contributed by atoms with E-state index in [2.05, 4.69) is 36.8 Å². The van der Waals surface area contributed by atoms with Crippen LogP contribution in [0.3, 0.4) is 0 Å². The molecular weight excluding hydrogens is 248 g/mol. The molecule has 1 unspecified atom stereocenters. The topological polar surface area (TPSA) is 64.2 Å². The number of nitrogens with zero attached hydrogens (tertiary/aromatic N) is 1. The number of carbonyl (C=O) groups is 1. The van der Waals surface area contributed by atoms with E-state index in [1.54, 1.807) is 0 Å². The average Bonchev–Trinajstić information content (AvgIpc) is 2.80. The highest BCUT2D eigenvalue weighted by atomic mass is 28.3. The Labute approximate surface area is 109 Å². The molecule has 102 valence electrons. The quantitative estimate of drug-likeness (QED) is 0.469. The summed E-state index contributed by atoms with van der Waals surface area (Å²) in [6.07, 6.45) is 3.69. The molecule has 0 fully saturated rings. The number of aromatic nitrogens is 2. The highest BCUT2D eigenvalue weighted by Gasteiger charge is 2.22. The molecule has 0 saturated heterocycles. The molecule has 18 heavy (non-hydrogen) atoms. The van der Waals surface area contributed by atoms with Gasteiger partial charge in [-0.25, -0.2) is 4.79 Å². The number of carbonyl (C=O) groups excluding carboxylic acids is 1. The second-order valence-electron chi connectivity index (χ2n) is 5.36. The normalized spacial score (nSPS) is 13.3. The van der Waals surface area contributed by atoms with E-state index in [0.717, 1.165) is 6.42 Å². The van der Waals surface area contributed by atoms with Gasteiger partial charge in [0.2, 0.25) is 0 Å². The number of esters is 1. The summed E-state index contributed by atoms with van der Waals surface area (Å²) in [7, 11) is -1.23. The van der Waals surface area contributed by atoms with E-state index in [0.29, 0.717) is 24.5 Å². The average molecular weight is 270 g/mol. The lowest BCUT2D eigenvalue weighted by molar-refractivity contribution is 0.0427. The standard InChI is InChI=1S/C12H22N2O3Si/c1-10(18(2,3)4)16-6-5-7-17-12(15)11-8-13-14-9-11/h8-10H,5-7H2,1-4H3,(H,13,14). The summed E-state index contributed by atoms with van der Waals surface area (Å²) in [6.45, 7) is 9.94. The van der Waals surface area contributed by atoms with Crippen LogP contribution in [0.1, 0.15) is 23.7 Å². The molecule has 0 bridgehead atoms. The molecule has 0 amide bonds. The second kappa shape index (κ2) is 6.70. The highest BCUT2D eigenvalue weighted by Crippen LogP contribution is 2.10. The Morgan fingerprint density at radius 2 is 2.17 bits per heavy atom. The first-order valence-electron chi connectivity index (χ1n) is 6.19. The predicted octanol–water partition coefficient (Wildman–Crippen LogP) is 2.24. The zero-order valence-corrected chi connectivity index (χ0v) is 12.5. The van der Waals surface area contributed by atoms with E-state index in [4.69, 9.17) is 9.47 Å². The molecule has 0 saturated carbocycles. The van der Waals surface area contributed by atoms with Gasteiger partial charge in [0, 0.05) is 25.0 Å². The minimum Gasteiger partial charge on any atom is -0.462 e. The first-order valence-corrected chi connectivity index (χ1v) is 9.76. The number of ether oxygens (including phenoxy) is 2. The molecular formula is C12H22N2O3Si. The third kappa shape index (κ3) is 5.01. The number of hydrogen-bond donors (Lipinski definition) is 1. The van der Waals surface area contributed by atoms with Gasteiger partial charge in [-0.2, -0.15) is 5.10 Å². The van der Waals surface area contributed by atoms with E-state index in [1.807, 2.05) is 0 Å². The van der Waals surface area contributed by atoms with Gasteiger partial charge in [0.15, 0.2) is 0 Å². The molecule has 1 N–H and O–H groups in total. The van der Waals surface area contributed by atoms with Crippen LogP contribution in [0.4, 0.5) is 0 Å². The molecule has 5 nitrogen and oxygen atoms in total. The number of hydrogen-bond acceptors (Lipinski definition) is 4. The molecule has 1 heterocycles. The van der Waals surface area contributed by atoms with Crippen LogP contribution in [0.15, 0.2) is 12.4 Å². The van der Waals surface area contributed by atoms with Crippen LogP contribution in [-0.2, 0) is 9.47 Å². The minimum atomic E-state index is -1.23. The molecule has 1 aromatic rings. The fourth-order valence-electron chi connectivity index (χ4n) is 1.18. The lowest BCUT2D eigenvalue weighted by Crippen LogP contribution is -2.38. The van der Waals surface area contributed by atoms with Crippen LogP contribution in [0, 0.1) is 0 Å². The third-order valence-electron chi connectivity index (χ3n) is 2.84. The summed E-state index contributed by atoms with van der Waals surface area (Å²) in [5.74, 6) is -0.345. The molecule has 1 rings (SSSR count). The number of nitrogens with one attached hydrogen (secondary N) is 1. The van der Waals surface area contributed by atoms with E-state index >= 15 is 0 Å². The summed E-state index contributed by atoms with van der Waals surface area (Å²) >= 11 is 0. The Balaban J connectivity index is 2.11. The van der Waals surface area contributed by atoms with Crippen molar-refractivity contribution in [1.82, 2.24) is 10.2 Å². The molecule has 0 aromatic carbocycles. The van der Waals surface area contributed by atoms with Gasteiger partial charge in [0.05, 0.1) is 26.4 Å². The van der Waals surface area contributed by atoms with Crippen molar-refractivity contribution in [3.05, 3.63) is 18.0 Å². The number of aromatic amines is 1. The Bertz CT molecular complexity index is 360. The van der Waals surface area contributed by atoms with Crippen molar-refractivity contribution in [2.24, 2.45) is 0 Å². The van der Waals surface area contributed by atoms with Crippen molar-refractivity contribution < 1.29 is 14.3 Å². The zero-order valence-electron chi connectivity index (χ0n) is 11.5. The van der Waals surface area contributed by atoms with Gasteiger partial charge in [-0.15, -0.1) is 0 Å². The van der Waals surface area contributed by atoms with Gasteiger partial charge in [-0.3, -0.25) is 5.10 Å². The van der Waals surface area contributed by atoms with Crippen molar-refractivity contribution in [3.8, 4) is 0 Å².